The summed E-state index contributed by atoms with van der Waals surface area (Å²) in [6.07, 6.45) is 0. The summed E-state index contributed by atoms with van der Waals surface area (Å²) in [5.41, 5.74) is 1.34. The van der Waals surface area contributed by atoms with Crippen LogP contribution in [0.15, 0.2) is 36.4 Å². The third kappa shape index (κ3) is 3.74. The molecule has 0 unspecified atom stereocenters. The van der Waals surface area contributed by atoms with Crippen LogP contribution < -0.4 is 14.8 Å². The molecule has 1 N–H and O–H groups in total. The Morgan fingerprint density at radius 3 is 2.59 bits per heavy atom. The molecule has 0 saturated heterocycles. The molecule has 0 aliphatic carbocycles. The number of ether oxygens (including phenoxy) is 3. The molecule has 142 valence electrons. The molecule has 5 nitrogen and oxygen atoms in total. The lowest BCUT2D eigenvalue weighted by molar-refractivity contribution is 0.0950. The molecule has 1 amide bonds. The van der Waals surface area contributed by atoms with Crippen LogP contribution in [0.1, 0.15) is 20.8 Å². The molecule has 0 spiro atoms. The van der Waals surface area contributed by atoms with Gasteiger partial charge >= 0.3 is 0 Å². The maximum Gasteiger partial charge on any atom is 0.262 e. The molecule has 0 fully saturated rings. The highest BCUT2D eigenvalue weighted by Gasteiger charge is 2.21. The van der Waals surface area contributed by atoms with E-state index in [1.54, 1.807) is 32.4 Å². The van der Waals surface area contributed by atoms with Crippen LogP contribution in [-0.4, -0.2) is 27.2 Å². The molecule has 1 heterocycles. The van der Waals surface area contributed by atoms with Crippen LogP contribution in [0.25, 0.3) is 10.1 Å². The zero-order valence-corrected chi connectivity index (χ0v) is 16.1. The lowest BCUT2D eigenvalue weighted by atomic mass is 10.1. The van der Waals surface area contributed by atoms with Crippen LogP contribution in [0.3, 0.4) is 0 Å². The average Bonchev–Trinajstić information content (AvgIpc) is 3.05. The van der Waals surface area contributed by atoms with E-state index in [2.05, 4.69) is 5.32 Å². The smallest absolute Gasteiger partial charge is 0.262 e. The third-order valence-electron chi connectivity index (χ3n) is 4.18. The fraction of sp³-hybridized carbons (Fsp3) is 0.250. The first kappa shape index (κ1) is 19.1. The number of fused-ring (bicyclic) bond motifs is 1. The minimum atomic E-state index is -0.357. The van der Waals surface area contributed by atoms with Crippen LogP contribution in [0.4, 0.5) is 4.39 Å². The summed E-state index contributed by atoms with van der Waals surface area (Å²) >= 11 is 1.25. The highest BCUT2D eigenvalue weighted by atomic mass is 32.1. The first-order valence-corrected chi connectivity index (χ1v) is 9.09. The fourth-order valence-corrected chi connectivity index (χ4v) is 4.12. The monoisotopic (exact) mass is 389 g/mol. The van der Waals surface area contributed by atoms with Gasteiger partial charge in [-0.2, -0.15) is 0 Å². The molecule has 1 aromatic heterocycles. The van der Waals surface area contributed by atoms with E-state index in [1.807, 2.05) is 12.1 Å². The van der Waals surface area contributed by atoms with Gasteiger partial charge in [0, 0.05) is 34.9 Å². The molecular formula is C20H20FNO4S. The predicted molar refractivity (Wildman–Crippen MR) is 103 cm³/mol. The quantitative estimate of drug-likeness (QED) is 0.660. The normalized spacial score (nSPS) is 10.8. The average molecular weight is 389 g/mol. The van der Waals surface area contributed by atoms with Crippen molar-refractivity contribution < 1.29 is 23.4 Å². The summed E-state index contributed by atoms with van der Waals surface area (Å²) in [4.78, 5) is 13.2. The number of hydrogen-bond acceptors (Lipinski definition) is 5. The van der Waals surface area contributed by atoms with Gasteiger partial charge in [-0.25, -0.2) is 4.39 Å². The van der Waals surface area contributed by atoms with Gasteiger partial charge in [-0.05, 0) is 18.2 Å². The summed E-state index contributed by atoms with van der Waals surface area (Å²) in [7, 11) is 4.63. The van der Waals surface area contributed by atoms with Gasteiger partial charge in [0.25, 0.3) is 5.91 Å². The summed E-state index contributed by atoms with van der Waals surface area (Å²) in [6, 6.07) is 10.3. The number of para-hydroxylation sites is 1. The molecule has 3 rings (SSSR count). The van der Waals surface area contributed by atoms with E-state index in [0.29, 0.717) is 32.0 Å². The van der Waals surface area contributed by atoms with Gasteiger partial charge in [0.05, 0.1) is 25.7 Å². The SMILES string of the molecule is COCc1c(C(=O)NCc2cccc(OC)c2OC)sc2cccc(F)c12. The summed E-state index contributed by atoms with van der Waals surface area (Å²) < 4.78 is 30.8. The molecule has 0 radical (unpaired) electrons. The van der Waals surface area contributed by atoms with Crippen LogP contribution in [0, 0.1) is 5.82 Å². The first-order valence-electron chi connectivity index (χ1n) is 8.27. The molecule has 0 saturated carbocycles. The van der Waals surface area contributed by atoms with Crippen molar-refractivity contribution >= 4 is 27.3 Å². The van der Waals surface area contributed by atoms with Gasteiger partial charge < -0.3 is 19.5 Å². The van der Waals surface area contributed by atoms with Crippen LogP contribution in [-0.2, 0) is 17.9 Å². The van der Waals surface area contributed by atoms with Gasteiger partial charge in [0.2, 0.25) is 0 Å². The number of nitrogens with one attached hydrogen (secondary N) is 1. The van der Waals surface area contributed by atoms with Gasteiger partial charge in [0.1, 0.15) is 5.82 Å². The zero-order valence-electron chi connectivity index (χ0n) is 15.3. The topological polar surface area (TPSA) is 56.8 Å². The minimum absolute atomic E-state index is 0.159. The molecule has 2 aromatic carbocycles. The van der Waals surface area contributed by atoms with Crippen molar-refractivity contribution in [1.82, 2.24) is 5.32 Å². The van der Waals surface area contributed by atoms with Crippen molar-refractivity contribution in [3.05, 3.63) is 58.2 Å². The van der Waals surface area contributed by atoms with E-state index in [1.165, 1.54) is 24.5 Å². The van der Waals surface area contributed by atoms with E-state index in [9.17, 15) is 9.18 Å². The van der Waals surface area contributed by atoms with Crippen LogP contribution in [0.5, 0.6) is 11.5 Å². The third-order valence-corrected chi connectivity index (χ3v) is 5.38. The highest BCUT2D eigenvalue weighted by Crippen LogP contribution is 2.34. The van der Waals surface area contributed by atoms with E-state index >= 15 is 0 Å². The first-order chi connectivity index (χ1) is 13.1. The van der Waals surface area contributed by atoms with Gasteiger partial charge in [0.15, 0.2) is 11.5 Å². The Morgan fingerprint density at radius 1 is 1.11 bits per heavy atom. The van der Waals surface area contributed by atoms with E-state index < -0.39 is 0 Å². The molecule has 0 atom stereocenters. The molecule has 7 heteroatoms. The van der Waals surface area contributed by atoms with Crippen molar-refractivity contribution in [3.63, 3.8) is 0 Å². The Balaban J connectivity index is 1.89. The number of halogens is 1. The molecular weight excluding hydrogens is 369 g/mol. The number of hydrogen-bond donors (Lipinski definition) is 1. The van der Waals surface area contributed by atoms with Crippen molar-refractivity contribution in [2.75, 3.05) is 21.3 Å². The number of carbonyl (C=O) groups excluding carboxylic acids is 1. The van der Waals surface area contributed by atoms with Crippen LogP contribution >= 0.6 is 11.3 Å². The number of methoxy groups -OCH3 is 3. The number of rotatable bonds is 7. The molecule has 27 heavy (non-hydrogen) atoms. The van der Waals surface area contributed by atoms with Crippen molar-refractivity contribution in [2.45, 2.75) is 13.2 Å². The van der Waals surface area contributed by atoms with E-state index in [4.69, 9.17) is 14.2 Å². The molecule has 3 aromatic rings. The molecule has 0 bridgehead atoms. The van der Waals surface area contributed by atoms with Crippen molar-refractivity contribution in [2.24, 2.45) is 0 Å². The summed E-state index contributed by atoms with van der Waals surface area (Å²) in [5.74, 6) is 0.518. The largest absolute Gasteiger partial charge is 0.493 e. The Labute approximate surface area is 160 Å². The lowest BCUT2D eigenvalue weighted by Crippen LogP contribution is -2.23. The Morgan fingerprint density at radius 2 is 1.89 bits per heavy atom. The van der Waals surface area contributed by atoms with Crippen molar-refractivity contribution in [1.29, 1.82) is 0 Å². The standard InChI is InChI=1S/C20H20FNO4S/c1-24-11-13-17-14(21)7-5-9-16(17)27-19(13)20(23)22-10-12-6-4-8-15(25-2)18(12)26-3/h4-9H,10-11H2,1-3H3,(H,22,23). The van der Waals surface area contributed by atoms with E-state index in [-0.39, 0.29) is 24.9 Å². The Hall–Kier alpha value is -2.64. The van der Waals surface area contributed by atoms with Crippen LogP contribution in [0.2, 0.25) is 0 Å². The van der Waals surface area contributed by atoms with Crippen molar-refractivity contribution in [3.8, 4) is 11.5 Å². The second kappa shape index (κ2) is 8.37. The predicted octanol–water partition coefficient (Wildman–Crippen LogP) is 4.13. The number of amides is 1. The lowest BCUT2D eigenvalue weighted by Gasteiger charge is -2.13. The van der Waals surface area contributed by atoms with Gasteiger partial charge in [-0.3, -0.25) is 4.79 Å². The second-order valence-corrected chi connectivity index (χ2v) is 6.84. The molecule has 0 aliphatic rings. The Bertz CT molecular complexity index is 970. The minimum Gasteiger partial charge on any atom is -0.493 e. The highest BCUT2D eigenvalue weighted by molar-refractivity contribution is 7.21. The number of thiophene rings is 1. The second-order valence-electron chi connectivity index (χ2n) is 5.79. The Kier molecular flexibility index (Phi) is 5.93. The zero-order chi connectivity index (χ0) is 19.4. The van der Waals surface area contributed by atoms with Gasteiger partial charge in [-0.1, -0.05) is 18.2 Å². The summed E-state index contributed by atoms with van der Waals surface area (Å²) in [6.45, 7) is 0.411. The number of benzene rings is 2. The maximum atomic E-state index is 14.3. The summed E-state index contributed by atoms with van der Waals surface area (Å²) in [5, 5.41) is 3.32. The number of carbonyl (C=O) groups is 1. The van der Waals surface area contributed by atoms with Gasteiger partial charge in [-0.15, -0.1) is 11.3 Å². The maximum absolute atomic E-state index is 14.3. The fourth-order valence-electron chi connectivity index (χ4n) is 2.98. The molecule has 0 aliphatic heterocycles. The van der Waals surface area contributed by atoms with E-state index in [0.717, 1.165) is 5.56 Å².